The second kappa shape index (κ2) is 9.86. The van der Waals surface area contributed by atoms with Crippen molar-refractivity contribution < 1.29 is 23.0 Å². The highest BCUT2D eigenvalue weighted by molar-refractivity contribution is 5.85. The first-order chi connectivity index (χ1) is 14.1. The number of fused-ring (bicyclic) bond motifs is 1. The van der Waals surface area contributed by atoms with Crippen LogP contribution >= 0.6 is 0 Å². The van der Waals surface area contributed by atoms with Gasteiger partial charge in [-0.1, -0.05) is 18.2 Å². The summed E-state index contributed by atoms with van der Waals surface area (Å²) in [5.41, 5.74) is 5.40. The van der Waals surface area contributed by atoms with E-state index in [0.717, 1.165) is 25.1 Å². The maximum Gasteiger partial charge on any atom is 0.387 e. The molecule has 0 unspecified atom stereocenters. The molecule has 8 heteroatoms. The number of alkyl halides is 2. The Morgan fingerprint density at radius 1 is 1.28 bits per heavy atom. The van der Waals surface area contributed by atoms with E-state index in [1.165, 1.54) is 23.9 Å². The molecule has 1 amide bonds. The number of hydrogen-bond donors (Lipinski definition) is 1. The Kier molecular flexibility index (Phi) is 6.99. The van der Waals surface area contributed by atoms with Crippen LogP contribution in [0.4, 0.5) is 14.5 Å². The van der Waals surface area contributed by atoms with Gasteiger partial charge in [0.15, 0.2) is 11.5 Å². The van der Waals surface area contributed by atoms with Crippen molar-refractivity contribution in [1.82, 2.24) is 5.43 Å². The highest BCUT2D eigenvalue weighted by Gasteiger charge is 2.18. The molecule has 2 aromatic rings. The number of para-hydroxylation sites is 1. The van der Waals surface area contributed by atoms with E-state index in [1.54, 1.807) is 13.0 Å². The minimum absolute atomic E-state index is 0.0493. The molecular weight excluding hydrogens is 380 g/mol. The van der Waals surface area contributed by atoms with Gasteiger partial charge < -0.3 is 14.4 Å². The molecule has 0 atom stereocenters. The minimum Gasteiger partial charge on any atom is -0.490 e. The fraction of sp³-hybridized carbons (Fsp3) is 0.333. The van der Waals surface area contributed by atoms with E-state index in [1.807, 2.05) is 23.1 Å². The average molecular weight is 403 g/mol. The summed E-state index contributed by atoms with van der Waals surface area (Å²) in [6, 6.07) is 12.5. The Labute approximate surface area is 168 Å². The van der Waals surface area contributed by atoms with E-state index >= 15 is 0 Å². The van der Waals surface area contributed by atoms with Crippen molar-refractivity contribution in [3.8, 4) is 11.5 Å². The molecule has 1 aliphatic rings. The molecule has 1 aliphatic heterocycles. The number of carbonyl (C=O) groups is 1. The van der Waals surface area contributed by atoms with Crippen LogP contribution in [0.25, 0.3) is 0 Å². The summed E-state index contributed by atoms with van der Waals surface area (Å²) in [6.45, 7) is 0.130. The van der Waals surface area contributed by atoms with Crippen LogP contribution in [0.15, 0.2) is 47.6 Å². The van der Waals surface area contributed by atoms with Gasteiger partial charge in [-0.15, -0.1) is 0 Å². The Bertz CT molecular complexity index is 874. The Morgan fingerprint density at radius 2 is 2.10 bits per heavy atom. The second-order valence-corrected chi connectivity index (χ2v) is 6.46. The smallest absolute Gasteiger partial charge is 0.387 e. The normalized spacial score (nSPS) is 13.4. The molecule has 0 saturated carbocycles. The molecule has 0 bridgehead atoms. The van der Waals surface area contributed by atoms with Gasteiger partial charge >= 0.3 is 6.61 Å². The number of anilines is 1. The molecule has 3 rings (SSSR count). The van der Waals surface area contributed by atoms with Crippen molar-refractivity contribution in [3.63, 3.8) is 0 Å². The third-order valence-electron chi connectivity index (χ3n) is 4.43. The largest absolute Gasteiger partial charge is 0.490 e. The van der Waals surface area contributed by atoms with Crippen LogP contribution in [0.5, 0.6) is 11.5 Å². The van der Waals surface area contributed by atoms with Crippen molar-refractivity contribution in [2.75, 3.05) is 24.6 Å². The van der Waals surface area contributed by atoms with Crippen LogP contribution in [0.3, 0.4) is 0 Å². The molecular formula is C21H23F2N3O3. The lowest BCUT2D eigenvalue weighted by Gasteiger charge is -2.30. The molecule has 0 saturated heterocycles. The number of benzene rings is 2. The Hall–Kier alpha value is -3.16. The molecule has 0 fully saturated rings. The minimum atomic E-state index is -2.94. The van der Waals surface area contributed by atoms with Crippen molar-refractivity contribution >= 4 is 17.8 Å². The topological polar surface area (TPSA) is 63.2 Å². The maximum absolute atomic E-state index is 12.5. The zero-order chi connectivity index (χ0) is 20.6. The van der Waals surface area contributed by atoms with Crippen LogP contribution in [-0.2, 0) is 11.2 Å². The molecule has 29 heavy (non-hydrogen) atoms. The van der Waals surface area contributed by atoms with Crippen LogP contribution in [-0.4, -0.2) is 38.4 Å². The van der Waals surface area contributed by atoms with E-state index < -0.39 is 6.61 Å². The molecule has 0 aromatic heterocycles. The number of nitrogens with one attached hydrogen (secondary N) is 1. The summed E-state index contributed by atoms with van der Waals surface area (Å²) < 4.78 is 34.7. The van der Waals surface area contributed by atoms with Gasteiger partial charge in [0.2, 0.25) is 0 Å². The van der Waals surface area contributed by atoms with E-state index in [4.69, 9.17) is 4.74 Å². The fourth-order valence-corrected chi connectivity index (χ4v) is 3.23. The standard InChI is InChI=1S/C21H23F2N3O3/c1-2-28-19-12-15(9-10-18(19)29-21(22)23)13-24-25-20(27)14-26-11-5-7-16-6-3-4-8-17(16)26/h3-4,6,8-10,12-13,21H,2,5,7,11,14H2,1H3,(H,25,27)/b24-13-. The second-order valence-electron chi connectivity index (χ2n) is 6.46. The van der Waals surface area contributed by atoms with Crippen molar-refractivity contribution in [3.05, 3.63) is 53.6 Å². The summed E-state index contributed by atoms with van der Waals surface area (Å²) in [4.78, 5) is 14.3. The van der Waals surface area contributed by atoms with Gasteiger partial charge in [-0.2, -0.15) is 13.9 Å². The van der Waals surface area contributed by atoms with Crippen molar-refractivity contribution in [2.24, 2.45) is 5.10 Å². The maximum atomic E-state index is 12.5. The first-order valence-corrected chi connectivity index (χ1v) is 9.43. The lowest BCUT2D eigenvalue weighted by molar-refractivity contribution is -0.119. The van der Waals surface area contributed by atoms with Gasteiger partial charge in [-0.3, -0.25) is 4.79 Å². The SMILES string of the molecule is CCOc1cc(/C=N\NC(=O)CN2CCCc3ccccc32)ccc1OC(F)F. The quantitative estimate of drug-likeness (QED) is 0.541. The predicted octanol–water partition coefficient (Wildman–Crippen LogP) is 3.59. The van der Waals surface area contributed by atoms with Gasteiger partial charge in [0.1, 0.15) is 0 Å². The van der Waals surface area contributed by atoms with Crippen molar-refractivity contribution in [1.29, 1.82) is 0 Å². The zero-order valence-electron chi connectivity index (χ0n) is 16.1. The van der Waals surface area contributed by atoms with Crippen molar-refractivity contribution in [2.45, 2.75) is 26.4 Å². The van der Waals surface area contributed by atoms with Crippen LogP contribution in [0.2, 0.25) is 0 Å². The first-order valence-electron chi connectivity index (χ1n) is 9.43. The summed E-state index contributed by atoms with van der Waals surface area (Å²) >= 11 is 0. The number of halogens is 2. The molecule has 1 heterocycles. The van der Waals surface area contributed by atoms with E-state index in [2.05, 4.69) is 21.3 Å². The number of aryl methyl sites for hydroxylation is 1. The molecule has 1 N–H and O–H groups in total. The van der Waals surface area contributed by atoms with Gasteiger partial charge in [0, 0.05) is 12.2 Å². The molecule has 2 aromatic carbocycles. The van der Waals surface area contributed by atoms with Crippen LogP contribution in [0.1, 0.15) is 24.5 Å². The zero-order valence-corrected chi connectivity index (χ0v) is 16.1. The summed E-state index contributed by atoms with van der Waals surface area (Å²) in [6.07, 6.45) is 3.44. The van der Waals surface area contributed by atoms with Crippen LogP contribution < -0.4 is 19.8 Å². The number of hydrogen-bond acceptors (Lipinski definition) is 5. The van der Waals surface area contributed by atoms with Gasteiger partial charge in [0.25, 0.3) is 5.91 Å². The van der Waals surface area contributed by atoms with E-state index in [-0.39, 0.29) is 24.0 Å². The first kappa shape index (κ1) is 20.6. The predicted molar refractivity (Wildman–Crippen MR) is 107 cm³/mol. The fourth-order valence-electron chi connectivity index (χ4n) is 3.23. The van der Waals surface area contributed by atoms with Crippen LogP contribution in [0, 0.1) is 0 Å². The summed E-state index contributed by atoms with van der Waals surface area (Å²) in [5.74, 6) is -0.0968. The van der Waals surface area contributed by atoms with E-state index in [9.17, 15) is 13.6 Å². The number of amides is 1. The van der Waals surface area contributed by atoms with Gasteiger partial charge in [0.05, 0.1) is 19.4 Å². The molecule has 154 valence electrons. The molecule has 0 spiro atoms. The third kappa shape index (κ3) is 5.66. The van der Waals surface area contributed by atoms with E-state index in [0.29, 0.717) is 12.2 Å². The highest BCUT2D eigenvalue weighted by Crippen LogP contribution is 2.29. The Morgan fingerprint density at radius 3 is 2.90 bits per heavy atom. The average Bonchev–Trinajstić information content (AvgIpc) is 2.70. The summed E-state index contributed by atoms with van der Waals surface area (Å²) in [7, 11) is 0. The van der Waals surface area contributed by atoms with Gasteiger partial charge in [-0.25, -0.2) is 5.43 Å². The lowest BCUT2D eigenvalue weighted by atomic mass is 10.0. The number of ether oxygens (including phenoxy) is 2. The third-order valence-corrected chi connectivity index (χ3v) is 4.43. The lowest BCUT2D eigenvalue weighted by Crippen LogP contribution is -2.38. The molecule has 0 radical (unpaired) electrons. The number of hydrazone groups is 1. The monoisotopic (exact) mass is 403 g/mol. The van der Waals surface area contributed by atoms with Gasteiger partial charge in [-0.05, 0) is 55.2 Å². The highest BCUT2D eigenvalue weighted by atomic mass is 19.3. The summed E-state index contributed by atoms with van der Waals surface area (Å²) in [5, 5.41) is 3.96. The molecule has 6 nitrogen and oxygen atoms in total. The number of rotatable bonds is 8. The molecule has 0 aliphatic carbocycles. The Balaban J connectivity index is 1.60. The number of carbonyl (C=O) groups excluding carboxylic acids is 1. The number of nitrogens with zero attached hydrogens (tertiary/aromatic N) is 2.